The molecule has 2 aromatic rings. The van der Waals surface area contributed by atoms with E-state index in [0.29, 0.717) is 0 Å². The van der Waals surface area contributed by atoms with Crippen molar-refractivity contribution in [1.82, 2.24) is 0 Å². The standard InChI is InChI=1S/C15H17NO/c1-17-15(13-10-6-3-7-11-13)14(16)12-8-4-2-5-9-12/h2-11,14-15H,16H2,1H3/t14?,15-/m1/s1. The van der Waals surface area contributed by atoms with Crippen LogP contribution in [0.2, 0.25) is 0 Å². The zero-order valence-corrected chi connectivity index (χ0v) is 9.91. The van der Waals surface area contributed by atoms with Gasteiger partial charge in [-0.25, -0.2) is 0 Å². The summed E-state index contributed by atoms with van der Waals surface area (Å²) in [6.45, 7) is 0. The molecule has 2 heteroatoms. The van der Waals surface area contributed by atoms with Gasteiger partial charge in [0, 0.05) is 7.11 Å². The van der Waals surface area contributed by atoms with Gasteiger partial charge < -0.3 is 10.5 Å². The van der Waals surface area contributed by atoms with Crippen molar-refractivity contribution in [3.05, 3.63) is 71.8 Å². The van der Waals surface area contributed by atoms with Gasteiger partial charge in [-0.3, -0.25) is 0 Å². The van der Waals surface area contributed by atoms with E-state index in [1.165, 1.54) is 0 Å². The minimum atomic E-state index is -0.149. The van der Waals surface area contributed by atoms with Gasteiger partial charge in [0.25, 0.3) is 0 Å². The molecule has 2 nitrogen and oxygen atoms in total. The maximum absolute atomic E-state index is 6.26. The van der Waals surface area contributed by atoms with Gasteiger partial charge >= 0.3 is 0 Å². The van der Waals surface area contributed by atoms with Crippen molar-refractivity contribution in [2.75, 3.05) is 7.11 Å². The number of ether oxygens (including phenoxy) is 1. The Morgan fingerprint density at radius 3 is 1.76 bits per heavy atom. The molecule has 1 unspecified atom stereocenters. The molecule has 0 aromatic heterocycles. The van der Waals surface area contributed by atoms with Crippen molar-refractivity contribution < 1.29 is 4.74 Å². The highest BCUT2D eigenvalue weighted by Crippen LogP contribution is 2.29. The predicted octanol–water partition coefficient (Wildman–Crippen LogP) is 3.07. The van der Waals surface area contributed by atoms with Crippen LogP contribution in [-0.4, -0.2) is 7.11 Å². The monoisotopic (exact) mass is 227 g/mol. The molecular weight excluding hydrogens is 210 g/mol. The first-order valence-electron chi connectivity index (χ1n) is 5.71. The molecule has 0 saturated carbocycles. The highest BCUT2D eigenvalue weighted by molar-refractivity contribution is 5.25. The molecule has 0 heterocycles. The molecule has 0 radical (unpaired) electrons. The predicted molar refractivity (Wildman–Crippen MR) is 69.6 cm³/mol. The van der Waals surface area contributed by atoms with E-state index in [0.717, 1.165) is 11.1 Å². The number of methoxy groups -OCH3 is 1. The van der Waals surface area contributed by atoms with E-state index in [1.54, 1.807) is 7.11 Å². The summed E-state index contributed by atoms with van der Waals surface area (Å²) in [5, 5.41) is 0. The lowest BCUT2D eigenvalue weighted by molar-refractivity contribution is 0.0802. The summed E-state index contributed by atoms with van der Waals surface area (Å²) in [4.78, 5) is 0. The molecule has 2 rings (SSSR count). The van der Waals surface area contributed by atoms with E-state index in [9.17, 15) is 0 Å². The van der Waals surface area contributed by atoms with Crippen LogP contribution in [0.3, 0.4) is 0 Å². The second kappa shape index (κ2) is 5.62. The molecule has 17 heavy (non-hydrogen) atoms. The van der Waals surface area contributed by atoms with E-state index in [1.807, 2.05) is 60.7 Å². The van der Waals surface area contributed by atoms with Crippen molar-refractivity contribution in [2.45, 2.75) is 12.1 Å². The minimum Gasteiger partial charge on any atom is -0.375 e. The lowest BCUT2D eigenvalue weighted by Crippen LogP contribution is -2.21. The smallest absolute Gasteiger partial charge is 0.101 e. The van der Waals surface area contributed by atoms with Crippen molar-refractivity contribution in [3.63, 3.8) is 0 Å². The fourth-order valence-corrected chi connectivity index (χ4v) is 1.98. The molecule has 0 fully saturated rings. The Hall–Kier alpha value is -1.64. The molecule has 0 saturated heterocycles. The second-order valence-electron chi connectivity index (χ2n) is 4.00. The Morgan fingerprint density at radius 2 is 1.29 bits per heavy atom. The van der Waals surface area contributed by atoms with Crippen molar-refractivity contribution in [3.8, 4) is 0 Å². The maximum Gasteiger partial charge on any atom is 0.101 e. The topological polar surface area (TPSA) is 35.2 Å². The minimum absolute atomic E-state index is 0.112. The molecule has 0 spiro atoms. The van der Waals surface area contributed by atoms with Gasteiger partial charge in [-0.1, -0.05) is 60.7 Å². The largest absolute Gasteiger partial charge is 0.375 e. The lowest BCUT2D eigenvalue weighted by Gasteiger charge is -2.23. The molecule has 0 aliphatic carbocycles. The summed E-state index contributed by atoms with van der Waals surface area (Å²) >= 11 is 0. The van der Waals surface area contributed by atoms with Crippen LogP contribution < -0.4 is 5.73 Å². The molecule has 2 aromatic carbocycles. The normalized spacial score (nSPS) is 14.2. The number of benzene rings is 2. The molecule has 88 valence electrons. The fourth-order valence-electron chi connectivity index (χ4n) is 1.98. The van der Waals surface area contributed by atoms with Crippen LogP contribution in [0.1, 0.15) is 23.3 Å². The highest BCUT2D eigenvalue weighted by atomic mass is 16.5. The van der Waals surface area contributed by atoms with Gasteiger partial charge in [0.2, 0.25) is 0 Å². The first-order valence-corrected chi connectivity index (χ1v) is 5.71. The van der Waals surface area contributed by atoms with Crippen LogP contribution in [0.15, 0.2) is 60.7 Å². The number of hydrogen-bond donors (Lipinski definition) is 1. The summed E-state index contributed by atoms with van der Waals surface area (Å²) in [7, 11) is 1.69. The average Bonchev–Trinajstić information content (AvgIpc) is 2.42. The first-order chi connectivity index (χ1) is 8.33. The van der Waals surface area contributed by atoms with Crippen LogP contribution in [0.5, 0.6) is 0 Å². The Balaban J connectivity index is 2.25. The van der Waals surface area contributed by atoms with Crippen LogP contribution in [0, 0.1) is 0 Å². The first kappa shape index (κ1) is 11.8. The Morgan fingerprint density at radius 1 is 0.824 bits per heavy atom. The van der Waals surface area contributed by atoms with Crippen molar-refractivity contribution in [2.24, 2.45) is 5.73 Å². The quantitative estimate of drug-likeness (QED) is 0.871. The van der Waals surface area contributed by atoms with Gasteiger partial charge in [0.1, 0.15) is 6.10 Å². The van der Waals surface area contributed by atoms with E-state index in [4.69, 9.17) is 10.5 Å². The van der Waals surface area contributed by atoms with Crippen LogP contribution in [0.4, 0.5) is 0 Å². The Kier molecular flexibility index (Phi) is 3.91. The lowest BCUT2D eigenvalue weighted by atomic mass is 9.96. The third kappa shape index (κ3) is 2.73. The third-order valence-electron chi connectivity index (χ3n) is 2.89. The summed E-state index contributed by atoms with van der Waals surface area (Å²) in [6.07, 6.45) is -0.112. The summed E-state index contributed by atoms with van der Waals surface area (Å²) < 4.78 is 5.53. The molecule has 2 N–H and O–H groups in total. The van der Waals surface area contributed by atoms with Gasteiger partial charge in [-0.05, 0) is 11.1 Å². The Bertz CT molecular complexity index is 441. The van der Waals surface area contributed by atoms with E-state index in [-0.39, 0.29) is 12.1 Å². The molecule has 0 bridgehead atoms. The van der Waals surface area contributed by atoms with Gasteiger partial charge in [0.15, 0.2) is 0 Å². The summed E-state index contributed by atoms with van der Waals surface area (Å²) in [5.74, 6) is 0. The average molecular weight is 227 g/mol. The van der Waals surface area contributed by atoms with Crippen LogP contribution in [0.25, 0.3) is 0 Å². The van der Waals surface area contributed by atoms with Crippen molar-refractivity contribution in [1.29, 1.82) is 0 Å². The number of rotatable bonds is 4. The zero-order chi connectivity index (χ0) is 12.1. The van der Waals surface area contributed by atoms with Crippen LogP contribution in [-0.2, 0) is 4.74 Å². The molecule has 0 aliphatic heterocycles. The maximum atomic E-state index is 6.26. The molecular formula is C15H17NO. The third-order valence-corrected chi connectivity index (χ3v) is 2.89. The summed E-state index contributed by atoms with van der Waals surface area (Å²) in [5.41, 5.74) is 8.45. The van der Waals surface area contributed by atoms with E-state index in [2.05, 4.69) is 0 Å². The highest BCUT2D eigenvalue weighted by Gasteiger charge is 2.20. The van der Waals surface area contributed by atoms with Crippen LogP contribution >= 0.6 is 0 Å². The van der Waals surface area contributed by atoms with Crippen molar-refractivity contribution >= 4 is 0 Å². The Labute approximate surface area is 102 Å². The molecule has 0 aliphatic rings. The summed E-state index contributed by atoms with van der Waals surface area (Å²) in [6, 6.07) is 19.9. The molecule has 0 amide bonds. The second-order valence-corrected chi connectivity index (χ2v) is 4.00. The zero-order valence-electron chi connectivity index (χ0n) is 9.91. The van der Waals surface area contributed by atoms with E-state index < -0.39 is 0 Å². The molecule has 2 atom stereocenters. The fraction of sp³-hybridized carbons (Fsp3) is 0.200. The van der Waals surface area contributed by atoms with E-state index >= 15 is 0 Å². The van der Waals surface area contributed by atoms with Gasteiger partial charge in [-0.2, -0.15) is 0 Å². The number of nitrogens with two attached hydrogens (primary N) is 1. The SMILES string of the molecule is CO[C@H](c1ccccc1)C(N)c1ccccc1. The number of hydrogen-bond acceptors (Lipinski definition) is 2. The van der Waals surface area contributed by atoms with Gasteiger partial charge in [-0.15, -0.1) is 0 Å². The van der Waals surface area contributed by atoms with Gasteiger partial charge in [0.05, 0.1) is 6.04 Å².